The Morgan fingerprint density at radius 3 is 1.96 bits per heavy atom. The summed E-state index contributed by atoms with van der Waals surface area (Å²) in [5.74, 6) is 13.0. The van der Waals surface area contributed by atoms with Crippen molar-refractivity contribution in [1.82, 2.24) is 5.48 Å². The van der Waals surface area contributed by atoms with Gasteiger partial charge in [0.25, 0.3) is 0 Å². The molecule has 0 heterocycles. The summed E-state index contributed by atoms with van der Waals surface area (Å²) in [4.78, 5) is 21.1. The van der Waals surface area contributed by atoms with Crippen LogP contribution in [0.3, 0.4) is 0 Å². The third kappa shape index (κ3) is 9.68. The highest BCUT2D eigenvalue weighted by atomic mass is 16.7. The van der Waals surface area contributed by atoms with Gasteiger partial charge in [0.2, 0.25) is 0 Å². The Morgan fingerprint density at radius 1 is 0.857 bits per heavy atom. The van der Waals surface area contributed by atoms with Crippen molar-refractivity contribution in [3.8, 4) is 11.8 Å². The molecule has 1 fully saturated rings. The molecule has 0 spiro atoms. The fourth-order valence-corrected chi connectivity index (χ4v) is 3.34. The molecule has 28 heavy (non-hydrogen) atoms. The summed E-state index contributed by atoms with van der Waals surface area (Å²) in [6.45, 7) is 3.70. The smallest absolute Gasteiger partial charge is 0.431 e. The molecule has 2 unspecified atom stereocenters. The Labute approximate surface area is 166 Å². The number of carbonyl (C=O) groups is 1. The summed E-state index contributed by atoms with van der Waals surface area (Å²) in [6.07, 6.45) is 3.58. The fourth-order valence-electron chi connectivity index (χ4n) is 3.34. The van der Waals surface area contributed by atoms with Gasteiger partial charge in [-0.25, -0.2) is 10.7 Å². The lowest BCUT2D eigenvalue weighted by Crippen LogP contribution is -2.27. The molecular weight excluding hydrogens is 368 g/mol. The van der Waals surface area contributed by atoms with Crippen LogP contribution in [-0.4, -0.2) is 65.6 Å². The molecule has 0 aliphatic heterocycles. The largest absolute Gasteiger partial charge is 0.448 e. The lowest BCUT2D eigenvalue weighted by atomic mass is 10.1. The van der Waals surface area contributed by atoms with E-state index in [2.05, 4.69) is 22.2 Å². The summed E-state index contributed by atoms with van der Waals surface area (Å²) < 4.78 is 21.1. The van der Waals surface area contributed by atoms with Gasteiger partial charge in [-0.2, -0.15) is 5.48 Å². The van der Waals surface area contributed by atoms with Crippen molar-refractivity contribution in [2.75, 3.05) is 59.5 Å². The number of hydroxylamine groups is 1. The Hall–Kier alpha value is -1.41. The second-order valence-corrected chi connectivity index (χ2v) is 6.68. The van der Waals surface area contributed by atoms with Gasteiger partial charge >= 0.3 is 6.09 Å². The van der Waals surface area contributed by atoms with E-state index in [1.165, 1.54) is 0 Å². The third-order valence-electron chi connectivity index (χ3n) is 4.82. The first-order valence-corrected chi connectivity index (χ1v) is 9.88. The Bertz CT molecular complexity index is 476. The number of hydrogen-bond acceptors (Lipinski definition) is 8. The van der Waals surface area contributed by atoms with Crippen molar-refractivity contribution < 1.29 is 33.4 Å². The van der Waals surface area contributed by atoms with Crippen LogP contribution in [0.5, 0.6) is 0 Å². The van der Waals surface area contributed by atoms with Gasteiger partial charge in [-0.15, -0.1) is 11.8 Å². The van der Waals surface area contributed by atoms with E-state index in [1.807, 2.05) is 0 Å². The van der Waals surface area contributed by atoms with Gasteiger partial charge in [-0.1, -0.05) is 0 Å². The molecule has 2 atom stereocenters. The fraction of sp³-hybridized carbons (Fsp3) is 0.842. The average Bonchev–Trinajstić information content (AvgIpc) is 3.33. The average molecular weight is 400 g/mol. The van der Waals surface area contributed by atoms with E-state index in [0.29, 0.717) is 70.6 Å². The van der Waals surface area contributed by atoms with Gasteiger partial charge in [-0.3, -0.25) is 4.84 Å². The lowest BCUT2D eigenvalue weighted by Gasteiger charge is -2.08. The second-order valence-electron chi connectivity index (χ2n) is 6.68. The summed E-state index contributed by atoms with van der Waals surface area (Å²) in [5.41, 5.74) is 2.27. The summed E-state index contributed by atoms with van der Waals surface area (Å²) in [5, 5.41) is 0. The van der Waals surface area contributed by atoms with E-state index >= 15 is 0 Å². The molecule has 2 aliphatic rings. The number of carbonyl (C=O) groups excluding carboxylic acids is 1. The number of nitrogens with two attached hydrogens (primary N) is 1. The van der Waals surface area contributed by atoms with E-state index in [0.717, 1.165) is 25.7 Å². The van der Waals surface area contributed by atoms with Gasteiger partial charge in [0.1, 0.15) is 0 Å². The first kappa shape index (κ1) is 22.9. The predicted molar refractivity (Wildman–Crippen MR) is 99.7 cm³/mol. The van der Waals surface area contributed by atoms with E-state index in [9.17, 15) is 4.79 Å². The van der Waals surface area contributed by atoms with Crippen LogP contribution in [0.15, 0.2) is 0 Å². The van der Waals surface area contributed by atoms with Crippen LogP contribution in [0.1, 0.15) is 25.7 Å². The van der Waals surface area contributed by atoms with Crippen molar-refractivity contribution in [3.63, 3.8) is 0 Å². The number of amides is 1. The van der Waals surface area contributed by atoms with Crippen LogP contribution in [0, 0.1) is 29.6 Å². The number of nitrogens with one attached hydrogen (secondary N) is 1. The molecule has 0 radical (unpaired) electrons. The number of fused-ring (bicyclic) bond motifs is 1. The maximum atomic E-state index is 11.6. The lowest BCUT2D eigenvalue weighted by molar-refractivity contribution is -0.0271. The molecule has 9 heteroatoms. The molecular formula is C19H32N2O7. The molecule has 0 saturated heterocycles. The zero-order valence-electron chi connectivity index (χ0n) is 16.4. The van der Waals surface area contributed by atoms with Crippen LogP contribution < -0.4 is 11.4 Å². The molecule has 160 valence electrons. The molecule has 3 N–H and O–H groups in total. The van der Waals surface area contributed by atoms with E-state index in [4.69, 9.17) is 29.7 Å². The van der Waals surface area contributed by atoms with Gasteiger partial charge in [0.05, 0.1) is 59.5 Å². The molecule has 9 nitrogen and oxygen atoms in total. The van der Waals surface area contributed by atoms with Gasteiger partial charge in [-0.05, 0) is 30.6 Å². The maximum Gasteiger partial charge on any atom is 0.431 e. The Morgan fingerprint density at radius 2 is 1.39 bits per heavy atom. The SMILES string of the molecule is NOCCOCCOCCOCCONC(=O)OCC1C2CCC#CCCC21. The maximum absolute atomic E-state index is 11.6. The zero-order chi connectivity index (χ0) is 19.9. The minimum atomic E-state index is -0.557. The van der Waals surface area contributed by atoms with Gasteiger partial charge in [0.15, 0.2) is 0 Å². The second kappa shape index (κ2) is 14.6. The van der Waals surface area contributed by atoms with Crippen LogP contribution >= 0.6 is 0 Å². The molecule has 1 amide bonds. The molecule has 1 saturated carbocycles. The standard InChI is InChI=1S/C19H32N2O7/c20-27-13-11-24-9-7-23-8-10-25-12-14-28-21-19(22)26-15-18-16-5-3-1-2-4-6-17(16)18/h16-18H,3-15,20H2,(H,21,22). The molecule has 0 aromatic carbocycles. The van der Waals surface area contributed by atoms with E-state index in [-0.39, 0.29) is 6.61 Å². The molecule has 0 aromatic heterocycles. The third-order valence-corrected chi connectivity index (χ3v) is 4.82. The zero-order valence-corrected chi connectivity index (χ0v) is 16.4. The van der Waals surface area contributed by atoms with Crippen LogP contribution in [0.2, 0.25) is 0 Å². The van der Waals surface area contributed by atoms with Crippen molar-refractivity contribution in [1.29, 1.82) is 0 Å². The van der Waals surface area contributed by atoms with E-state index in [1.54, 1.807) is 0 Å². The summed E-state index contributed by atoms with van der Waals surface area (Å²) in [6, 6.07) is 0. The van der Waals surface area contributed by atoms with Crippen molar-refractivity contribution >= 4 is 6.09 Å². The minimum Gasteiger partial charge on any atom is -0.448 e. The molecule has 0 bridgehead atoms. The van der Waals surface area contributed by atoms with E-state index < -0.39 is 6.09 Å². The van der Waals surface area contributed by atoms with Gasteiger partial charge < -0.3 is 23.8 Å². The van der Waals surface area contributed by atoms with Crippen LogP contribution in [0.25, 0.3) is 0 Å². The molecule has 2 aliphatic carbocycles. The van der Waals surface area contributed by atoms with Crippen molar-refractivity contribution in [2.45, 2.75) is 25.7 Å². The highest BCUT2D eigenvalue weighted by Gasteiger charge is 2.49. The Kier molecular flexibility index (Phi) is 11.9. The monoisotopic (exact) mass is 400 g/mol. The van der Waals surface area contributed by atoms with Crippen molar-refractivity contribution in [3.05, 3.63) is 0 Å². The first-order valence-electron chi connectivity index (χ1n) is 9.88. The summed E-state index contributed by atoms with van der Waals surface area (Å²) >= 11 is 0. The highest BCUT2D eigenvalue weighted by molar-refractivity contribution is 5.65. The van der Waals surface area contributed by atoms with Crippen LogP contribution in [-0.2, 0) is 28.6 Å². The van der Waals surface area contributed by atoms with Crippen molar-refractivity contribution in [2.24, 2.45) is 23.7 Å². The first-order chi connectivity index (χ1) is 13.8. The highest BCUT2D eigenvalue weighted by Crippen LogP contribution is 2.52. The quantitative estimate of drug-likeness (QED) is 0.238. The number of ether oxygens (including phenoxy) is 4. The number of rotatable bonds is 15. The topological polar surface area (TPSA) is 111 Å². The van der Waals surface area contributed by atoms with Crippen LogP contribution in [0.4, 0.5) is 4.79 Å². The summed E-state index contributed by atoms with van der Waals surface area (Å²) in [7, 11) is 0. The van der Waals surface area contributed by atoms with Gasteiger partial charge in [0, 0.05) is 12.8 Å². The normalized spacial score (nSPS) is 23.0. The molecule has 0 aromatic rings. The predicted octanol–water partition coefficient (Wildman–Crippen LogP) is 1.02. The molecule has 2 rings (SSSR count). The minimum absolute atomic E-state index is 0.239. The number of hydrogen-bond donors (Lipinski definition) is 2. The Balaban J connectivity index is 1.32.